The molecule has 0 fully saturated rings. The van der Waals surface area contributed by atoms with Crippen molar-refractivity contribution >= 4 is 23.3 Å². The zero-order valence-electron chi connectivity index (χ0n) is 10.4. The molecular weight excluding hydrogens is 262 g/mol. The topological polar surface area (TPSA) is 56.0 Å². The van der Waals surface area contributed by atoms with Crippen molar-refractivity contribution in [3.63, 3.8) is 0 Å². The Morgan fingerprint density at radius 3 is 3.05 bits per heavy atom. The highest BCUT2D eigenvalue weighted by atomic mass is 32.1. The number of nitrogens with zero attached hydrogens (tertiary/aromatic N) is 2. The molecule has 0 aliphatic heterocycles. The SMILES string of the molecule is CCOc1cccc2c1[nH]c(=S)n2Cc1ccon1. The monoisotopic (exact) mass is 275 g/mol. The summed E-state index contributed by atoms with van der Waals surface area (Å²) >= 11 is 5.36. The molecule has 98 valence electrons. The van der Waals surface area contributed by atoms with E-state index < -0.39 is 0 Å². The average Bonchev–Trinajstić information content (AvgIpc) is 3.01. The summed E-state index contributed by atoms with van der Waals surface area (Å²) in [5.74, 6) is 0.810. The van der Waals surface area contributed by atoms with Crippen LogP contribution in [0.25, 0.3) is 11.0 Å². The van der Waals surface area contributed by atoms with Gasteiger partial charge in [-0.1, -0.05) is 11.2 Å². The number of para-hydroxylation sites is 1. The zero-order chi connectivity index (χ0) is 13.2. The van der Waals surface area contributed by atoms with Gasteiger partial charge in [-0.05, 0) is 31.3 Å². The standard InChI is InChI=1S/C13H13N3O2S/c1-2-17-11-5-3-4-10-12(11)14-13(19)16(10)8-9-6-7-18-15-9/h3-7H,2,8H2,1H3,(H,14,19). The molecule has 0 aliphatic rings. The molecule has 1 aromatic carbocycles. The van der Waals surface area contributed by atoms with E-state index in [2.05, 4.69) is 10.1 Å². The summed E-state index contributed by atoms with van der Waals surface area (Å²) < 4.78 is 13.1. The minimum absolute atomic E-state index is 0.574. The number of nitrogens with one attached hydrogen (secondary N) is 1. The maximum atomic E-state index is 5.60. The first-order valence-electron chi connectivity index (χ1n) is 6.03. The predicted molar refractivity (Wildman–Crippen MR) is 73.9 cm³/mol. The van der Waals surface area contributed by atoms with Crippen molar-refractivity contribution < 1.29 is 9.26 Å². The van der Waals surface area contributed by atoms with Crippen molar-refractivity contribution in [2.75, 3.05) is 6.61 Å². The highest BCUT2D eigenvalue weighted by Crippen LogP contribution is 2.25. The second kappa shape index (κ2) is 4.89. The quantitative estimate of drug-likeness (QED) is 0.743. The van der Waals surface area contributed by atoms with Crippen LogP contribution in [0.3, 0.4) is 0 Å². The van der Waals surface area contributed by atoms with E-state index >= 15 is 0 Å². The van der Waals surface area contributed by atoms with Crippen LogP contribution in [0, 0.1) is 4.77 Å². The summed E-state index contributed by atoms with van der Waals surface area (Å²) in [6.07, 6.45) is 1.55. The van der Waals surface area contributed by atoms with Crippen LogP contribution in [-0.4, -0.2) is 21.3 Å². The van der Waals surface area contributed by atoms with E-state index in [1.165, 1.54) is 0 Å². The Bertz CT molecular complexity index is 743. The van der Waals surface area contributed by atoms with Gasteiger partial charge in [0.25, 0.3) is 0 Å². The van der Waals surface area contributed by atoms with Gasteiger partial charge in [0.05, 0.1) is 18.7 Å². The van der Waals surface area contributed by atoms with Crippen LogP contribution in [-0.2, 0) is 6.54 Å². The number of aromatic nitrogens is 3. The number of hydrogen-bond donors (Lipinski definition) is 1. The van der Waals surface area contributed by atoms with Gasteiger partial charge in [0.1, 0.15) is 23.2 Å². The smallest absolute Gasteiger partial charge is 0.178 e. The number of ether oxygens (including phenoxy) is 1. The van der Waals surface area contributed by atoms with Gasteiger partial charge in [-0.25, -0.2) is 0 Å². The largest absolute Gasteiger partial charge is 0.492 e. The Morgan fingerprint density at radius 2 is 2.32 bits per heavy atom. The lowest BCUT2D eigenvalue weighted by Crippen LogP contribution is -1.99. The third-order valence-electron chi connectivity index (χ3n) is 2.88. The molecule has 2 aromatic heterocycles. The third kappa shape index (κ3) is 2.15. The summed E-state index contributed by atoms with van der Waals surface area (Å²) in [5, 5.41) is 3.91. The number of H-pyrrole nitrogens is 1. The predicted octanol–water partition coefficient (Wildman–Crippen LogP) is 3.13. The lowest BCUT2D eigenvalue weighted by atomic mass is 10.3. The lowest BCUT2D eigenvalue weighted by Gasteiger charge is -2.05. The molecule has 0 bridgehead atoms. The molecule has 2 heterocycles. The van der Waals surface area contributed by atoms with Crippen molar-refractivity contribution in [3.8, 4) is 5.75 Å². The third-order valence-corrected chi connectivity index (χ3v) is 3.21. The maximum Gasteiger partial charge on any atom is 0.178 e. The van der Waals surface area contributed by atoms with Crippen LogP contribution in [0.5, 0.6) is 5.75 Å². The first-order chi connectivity index (χ1) is 9.29. The number of imidazole rings is 1. The minimum atomic E-state index is 0.574. The van der Waals surface area contributed by atoms with Crippen molar-refractivity contribution in [2.45, 2.75) is 13.5 Å². The second-order valence-corrected chi connectivity index (χ2v) is 4.48. The maximum absolute atomic E-state index is 5.60. The fraction of sp³-hybridized carbons (Fsp3) is 0.231. The molecule has 19 heavy (non-hydrogen) atoms. The first-order valence-corrected chi connectivity index (χ1v) is 6.44. The van der Waals surface area contributed by atoms with Crippen LogP contribution in [0.4, 0.5) is 0 Å². The van der Waals surface area contributed by atoms with Crippen molar-refractivity contribution in [1.29, 1.82) is 0 Å². The van der Waals surface area contributed by atoms with Crippen LogP contribution in [0.2, 0.25) is 0 Å². The fourth-order valence-electron chi connectivity index (χ4n) is 2.07. The number of hydrogen-bond acceptors (Lipinski definition) is 4. The van der Waals surface area contributed by atoms with E-state index in [0.29, 0.717) is 17.9 Å². The van der Waals surface area contributed by atoms with Crippen LogP contribution < -0.4 is 4.74 Å². The normalized spacial score (nSPS) is 11.0. The van der Waals surface area contributed by atoms with Gasteiger partial charge < -0.3 is 18.8 Å². The number of rotatable bonds is 4. The number of aromatic amines is 1. The Morgan fingerprint density at radius 1 is 1.42 bits per heavy atom. The number of benzene rings is 1. The molecule has 5 nitrogen and oxygen atoms in total. The molecule has 0 spiro atoms. The molecule has 1 N–H and O–H groups in total. The molecule has 3 rings (SSSR count). The summed E-state index contributed by atoms with van der Waals surface area (Å²) in [5.41, 5.74) is 2.75. The zero-order valence-corrected chi connectivity index (χ0v) is 11.2. The van der Waals surface area contributed by atoms with Gasteiger partial charge in [-0.2, -0.15) is 0 Å². The highest BCUT2D eigenvalue weighted by Gasteiger charge is 2.10. The molecule has 0 radical (unpaired) electrons. The number of fused-ring (bicyclic) bond motifs is 1. The molecule has 0 aliphatic carbocycles. The van der Waals surface area contributed by atoms with Gasteiger partial charge in [0.15, 0.2) is 4.77 Å². The van der Waals surface area contributed by atoms with Crippen molar-refractivity contribution in [2.24, 2.45) is 0 Å². The Hall–Kier alpha value is -2.08. The summed E-state index contributed by atoms with van der Waals surface area (Å²) in [6, 6.07) is 7.71. The van der Waals surface area contributed by atoms with Gasteiger partial charge in [0, 0.05) is 6.07 Å². The molecule has 0 unspecified atom stereocenters. The second-order valence-electron chi connectivity index (χ2n) is 4.09. The van der Waals surface area contributed by atoms with E-state index in [1.54, 1.807) is 6.26 Å². The minimum Gasteiger partial charge on any atom is -0.492 e. The van der Waals surface area contributed by atoms with E-state index in [1.807, 2.05) is 35.8 Å². The molecule has 6 heteroatoms. The molecular formula is C13H13N3O2S. The summed E-state index contributed by atoms with van der Waals surface area (Å²) in [4.78, 5) is 3.19. The van der Waals surface area contributed by atoms with E-state index in [-0.39, 0.29) is 0 Å². The van der Waals surface area contributed by atoms with E-state index in [4.69, 9.17) is 21.5 Å². The van der Waals surface area contributed by atoms with Crippen LogP contribution in [0.1, 0.15) is 12.6 Å². The van der Waals surface area contributed by atoms with Gasteiger partial charge in [0.2, 0.25) is 0 Å². The fourth-order valence-corrected chi connectivity index (χ4v) is 2.33. The van der Waals surface area contributed by atoms with E-state index in [0.717, 1.165) is 22.5 Å². The summed E-state index contributed by atoms with van der Waals surface area (Å²) in [7, 11) is 0. The van der Waals surface area contributed by atoms with Gasteiger partial charge in [-0.3, -0.25) is 0 Å². The Labute approximate surface area is 114 Å². The molecule has 0 saturated carbocycles. The lowest BCUT2D eigenvalue weighted by molar-refractivity contribution is 0.343. The highest BCUT2D eigenvalue weighted by molar-refractivity contribution is 7.71. The molecule has 0 amide bonds. The summed E-state index contributed by atoms with van der Waals surface area (Å²) in [6.45, 7) is 3.15. The van der Waals surface area contributed by atoms with Crippen LogP contribution >= 0.6 is 12.2 Å². The van der Waals surface area contributed by atoms with E-state index in [9.17, 15) is 0 Å². The Kier molecular flexibility index (Phi) is 3.08. The van der Waals surface area contributed by atoms with Crippen molar-refractivity contribution in [1.82, 2.24) is 14.7 Å². The molecule has 0 atom stereocenters. The van der Waals surface area contributed by atoms with Gasteiger partial charge >= 0.3 is 0 Å². The first kappa shape index (κ1) is 12.0. The van der Waals surface area contributed by atoms with Crippen molar-refractivity contribution in [3.05, 3.63) is 41.0 Å². The average molecular weight is 275 g/mol. The van der Waals surface area contributed by atoms with Crippen LogP contribution in [0.15, 0.2) is 35.1 Å². The molecule has 3 aromatic rings. The molecule has 0 saturated heterocycles. The van der Waals surface area contributed by atoms with Gasteiger partial charge in [-0.15, -0.1) is 0 Å². The Balaban J connectivity index is 2.12.